The van der Waals surface area contributed by atoms with E-state index in [-0.39, 0.29) is 17.5 Å². The second-order valence-electron chi connectivity index (χ2n) is 4.85. The molecular formula is C14H17N5O4S. The standard InChI is InChI=1S/C14H17N5O4S/c1-9-15-10(2)17-13(16-9)18-14(20)19-24(21,22)12-7-5-4-6-11(12)8-23-3/h4-7H,8H2,1-3H3,(H2,15,16,17,18,19,20). The second-order valence-corrected chi connectivity index (χ2v) is 6.50. The lowest BCUT2D eigenvalue weighted by molar-refractivity contribution is 0.182. The van der Waals surface area contributed by atoms with Crippen LogP contribution < -0.4 is 10.0 Å². The molecule has 0 atom stereocenters. The van der Waals surface area contributed by atoms with Gasteiger partial charge in [0.05, 0.1) is 11.5 Å². The van der Waals surface area contributed by atoms with Gasteiger partial charge < -0.3 is 4.74 Å². The lowest BCUT2D eigenvalue weighted by Gasteiger charge is -2.11. The van der Waals surface area contributed by atoms with E-state index >= 15 is 0 Å². The van der Waals surface area contributed by atoms with E-state index in [1.807, 2.05) is 4.72 Å². The molecule has 0 saturated heterocycles. The van der Waals surface area contributed by atoms with Crippen molar-refractivity contribution in [2.45, 2.75) is 25.3 Å². The summed E-state index contributed by atoms with van der Waals surface area (Å²) >= 11 is 0. The SMILES string of the molecule is COCc1ccccc1S(=O)(=O)NC(=O)Nc1nc(C)nc(C)n1. The van der Waals surface area contributed by atoms with Gasteiger partial charge in [0, 0.05) is 7.11 Å². The Labute approximate surface area is 139 Å². The smallest absolute Gasteiger partial charge is 0.335 e. The van der Waals surface area contributed by atoms with Crippen LogP contribution in [-0.4, -0.2) is 36.5 Å². The molecule has 0 radical (unpaired) electrons. The molecule has 0 aliphatic rings. The summed E-state index contributed by atoms with van der Waals surface area (Å²) in [6.45, 7) is 3.37. The van der Waals surface area contributed by atoms with E-state index in [1.54, 1.807) is 32.0 Å². The summed E-state index contributed by atoms with van der Waals surface area (Å²) in [5.41, 5.74) is 0.437. The molecule has 0 saturated carbocycles. The van der Waals surface area contributed by atoms with Crippen molar-refractivity contribution < 1.29 is 17.9 Å². The molecule has 2 amide bonds. The van der Waals surface area contributed by atoms with Gasteiger partial charge in [-0.3, -0.25) is 5.32 Å². The molecule has 0 aliphatic carbocycles. The van der Waals surface area contributed by atoms with Crippen molar-refractivity contribution in [1.82, 2.24) is 19.7 Å². The van der Waals surface area contributed by atoms with Gasteiger partial charge in [-0.15, -0.1) is 0 Å². The summed E-state index contributed by atoms with van der Waals surface area (Å²) in [4.78, 5) is 23.7. The Morgan fingerprint density at radius 3 is 2.38 bits per heavy atom. The zero-order chi connectivity index (χ0) is 17.7. The third-order valence-corrected chi connectivity index (χ3v) is 4.30. The molecule has 2 aromatic rings. The molecule has 1 heterocycles. The molecule has 10 heteroatoms. The maximum absolute atomic E-state index is 12.4. The number of sulfonamides is 1. The van der Waals surface area contributed by atoms with Crippen LogP contribution in [0.15, 0.2) is 29.2 Å². The van der Waals surface area contributed by atoms with E-state index in [2.05, 4.69) is 20.3 Å². The van der Waals surface area contributed by atoms with Crippen LogP contribution in [0.4, 0.5) is 10.7 Å². The average molecular weight is 351 g/mol. The van der Waals surface area contributed by atoms with Crippen molar-refractivity contribution in [2.75, 3.05) is 12.4 Å². The van der Waals surface area contributed by atoms with Crippen LogP contribution in [0.1, 0.15) is 17.2 Å². The number of hydrogen-bond donors (Lipinski definition) is 2. The zero-order valence-electron chi connectivity index (χ0n) is 13.4. The molecule has 1 aromatic heterocycles. The Kier molecular flexibility index (Phi) is 5.42. The predicted octanol–water partition coefficient (Wildman–Crippen LogP) is 1.15. The summed E-state index contributed by atoms with van der Waals surface area (Å²) in [5, 5.41) is 2.28. The maximum Gasteiger partial charge on any atom is 0.335 e. The summed E-state index contributed by atoms with van der Waals surface area (Å²) in [6.07, 6.45) is 0. The summed E-state index contributed by atoms with van der Waals surface area (Å²) in [5.74, 6) is 0.787. The molecule has 0 unspecified atom stereocenters. The van der Waals surface area contributed by atoms with Crippen molar-refractivity contribution in [1.29, 1.82) is 0 Å². The number of anilines is 1. The molecule has 0 fully saturated rings. The Bertz CT molecular complexity index is 834. The fraction of sp³-hybridized carbons (Fsp3) is 0.286. The summed E-state index contributed by atoms with van der Waals surface area (Å²) in [6, 6.07) is 5.27. The highest BCUT2D eigenvalue weighted by Gasteiger charge is 2.21. The van der Waals surface area contributed by atoms with Gasteiger partial charge in [0.2, 0.25) is 5.95 Å². The monoisotopic (exact) mass is 351 g/mol. The van der Waals surface area contributed by atoms with E-state index in [4.69, 9.17) is 4.74 Å². The first-order valence-corrected chi connectivity index (χ1v) is 8.40. The van der Waals surface area contributed by atoms with Crippen LogP contribution in [0, 0.1) is 13.8 Å². The number of hydrogen-bond acceptors (Lipinski definition) is 7. The van der Waals surface area contributed by atoms with Gasteiger partial charge >= 0.3 is 6.03 Å². The van der Waals surface area contributed by atoms with Gasteiger partial charge in [0.25, 0.3) is 10.0 Å². The molecule has 2 N–H and O–H groups in total. The van der Waals surface area contributed by atoms with Crippen LogP contribution in [-0.2, 0) is 21.4 Å². The highest BCUT2D eigenvalue weighted by Crippen LogP contribution is 2.16. The van der Waals surface area contributed by atoms with Gasteiger partial charge in [-0.25, -0.2) is 22.9 Å². The van der Waals surface area contributed by atoms with Crippen molar-refractivity contribution in [2.24, 2.45) is 0 Å². The average Bonchev–Trinajstić information content (AvgIpc) is 2.46. The minimum atomic E-state index is -4.07. The number of amides is 2. The molecule has 24 heavy (non-hydrogen) atoms. The van der Waals surface area contributed by atoms with E-state index in [0.717, 1.165) is 0 Å². The minimum absolute atomic E-state index is 0.0297. The molecule has 0 bridgehead atoms. The molecule has 0 spiro atoms. The van der Waals surface area contributed by atoms with Crippen LogP contribution in [0.5, 0.6) is 0 Å². The number of nitrogens with zero attached hydrogens (tertiary/aromatic N) is 3. The lowest BCUT2D eigenvalue weighted by atomic mass is 10.2. The summed E-state index contributed by atoms with van der Waals surface area (Å²) in [7, 11) is -2.61. The lowest BCUT2D eigenvalue weighted by Crippen LogP contribution is -2.35. The van der Waals surface area contributed by atoms with Crippen molar-refractivity contribution in [3.05, 3.63) is 41.5 Å². The fourth-order valence-corrected chi connectivity index (χ4v) is 3.15. The number of methoxy groups -OCH3 is 1. The maximum atomic E-state index is 12.4. The Morgan fingerprint density at radius 2 is 1.75 bits per heavy atom. The number of carbonyl (C=O) groups excluding carboxylic acids is 1. The number of rotatable bonds is 5. The van der Waals surface area contributed by atoms with Crippen LogP contribution in [0.25, 0.3) is 0 Å². The quantitative estimate of drug-likeness (QED) is 0.828. The van der Waals surface area contributed by atoms with Crippen LogP contribution in [0.3, 0.4) is 0 Å². The normalized spacial score (nSPS) is 11.1. The number of aryl methyl sites for hydroxylation is 2. The summed E-state index contributed by atoms with van der Waals surface area (Å²) < 4.78 is 31.7. The zero-order valence-corrected chi connectivity index (χ0v) is 14.2. The van der Waals surface area contributed by atoms with Gasteiger partial charge in [-0.1, -0.05) is 18.2 Å². The number of ether oxygens (including phenoxy) is 1. The van der Waals surface area contributed by atoms with Crippen LogP contribution in [0.2, 0.25) is 0 Å². The van der Waals surface area contributed by atoms with Gasteiger partial charge in [-0.2, -0.15) is 9.97 Å². The van der Waals surface area contributed by atoms with Gasteiger partial charge in [0.1, 0.15) is 11.6 Å². The third kappa shape index (κ3) is 4.46. The predicted molar refractivity (Wildman–Crippen MR) is 85.8 cm³/mol. The van der Waals surface area contributed by atoms with Crippen LogP contribution >= 0.6 is 0 Å². The number of carbonyl (C=O) groups is 1. The minimum Gasteiger partial charge on any atom is -0.380 e. The molecule has 128 valence electrons. The van der Waals surface area contributed by atoms with E-state index < -0.39 is 16.1 Å². The highest BCUT2D eigenvalue weighted by atomic mass is 32.2. The fourth-order valence-electron chi connectivity index (χ4n) is 2.02. The number of benzene rings is 1. The second kappa shape index (κ2) is 7.32. The third-order valence-electron chi connectivity index (χ3n) is 2.87. The topological polar surface area (TPSA) is 123 Å². The van der Waals surface area contributed by atoms with Gasteiger partial charge in [-0.05, 0) is 25.5 Å². The van der Waals surface area contributed by atoms with Crippen molar-refractivity contribution in [3.8, 4) is 0 Å². The number of nitrogens with one attached hydrogen (secondary N) is 2. The number of aromatic nitrogens is 3. The van der Waals surface area contributed by atoms with E-state index in [1.165, 1.54) is 13.2 Å². The van der Waals surface area contributed by atoms with E-state index in [0.29, 0.717) is 17.2 Å². The van der Waals surface area contributed by atoms with E-state index in [9.17, 15) is 13.2 Å². The van der Waals surface area contributed by atoms with Gasteiger partial charge in [0.15, 0.2) is 0 Å². The molecule has 0 aliphatic heterocycles. The molecular weight excluding hydrogens is 334 g/mol. The van der Waals surface area contributed by atoms with Crippen molar-refractivity contribution >= 4 is 22.0 Å². The first-order valence-electron chi connectivity index (χ1n) is 6.92. The highest BCUT2D eigenvalue weighted by molar-refractivity contribution is 7.90. The molecule has 2 rings (SSSR count). The van der Waals surface area contributed by atoms with Crippen molar-refractivity contribution in [3.63, 3.8) is 0 Å². The number of urea groups is 1. The molecule has 1 aromatic carbocycles. The molecule has 9 nitrogen and oxygen atoms in total. The Hall–Kier alpha value is -2.59. The Morgan fingerprint density at radius 1 is 1.12 bits per heavy atom. The first kappa shape index (κ1) is 17.8. The first-order chi connectivity index (χ1) is 11.3. The largest absolute Gasteiger partial charge is 0.380 e. The Balaban J connectivity index is 2.18.